The summed E-state index contributed by atoms with van der Waals surface area (Å²) in [5.74, 6) is -0.910. The Kier molecular flexibility index (Phi) is 4.57. The Hall–Kier alpha value is -2.32. The lowest BCUT2D eigenvalue weighted by molar-refractivity contribution is -0.403. The van der Waals surface area contributed by atoms with E-state index in [9.17, 15) is 14.4 Å². The molecule has 3 rings (SSSR count). The number of thioether (sulfide) groups is 1. The molecule has 2 heterocycles. The summed E-state index contributed by atoms with van der Waals surface area (Å²) in [5.41, 5.74) is 0.425. The Labute approximate surface area is 153 Å². The maximum Gasteiger partial charge on any atom is 0.500 e. The summed E-state index contributed by atoms with van der Waals surface area (Å²) in [5, 5.41) is 3.70. The van der Waals surface area contributed by atoms with E-state index in [0.29, 0.717) is 26.4 Å². The number of hydrogen-bond donors (Lipinski definition) is 1. The van der Waals surface area contributed by atoms with Crippen molar-refractivity contribution in [3.63, 3.8) is 0 Å². The van der Waals surface area contributed by atoms with Crippen molar-refractivity contribution in [3.8, 4) is 5.75 Å². The highest BCUT2D eigenvalue weighted by Crippen LogP contribution is 2.36. The number of nitrogens with one attached hydrogen (secondary N) is 1. The zero-order valence-electron chi connectivity index (χ0n) is 13.7. The molecule has 130 valence electrons. The minimum Gasteiger partial charge on any atom is -0.495 e. The van der Waals surface area contributed by atoms with Crippen LogP contribution in [0.15, 0.2) is 29.2 Å². The first kappa shape index (κ1) is 17.5. The maximum absolute atomic E-state index is 12.6. The lowest BCUT2D eigenvalue weighted by atomic mass is 10.1. The Balaban J connectivity index is 1.87. The van der Waals surface area contributed by atoms with Gasteiger partial charge in [-0.15, -0.1) is 0 Å². The molecule has 0 saturated heterocycles. The second kappa shape index (κ2) is 6.53. The van der Waals surface area contributed by atoms with Gasteiger partial charge in [-0.3, -0.25) is 4.79 Å². The minimum atomic E-state index is -0.625. The van der Waals surface area contributed by atoms with Crippen LogP contribution in [0.2, 0.25) is 5.02 Å². The highest BCUT2D eigenvalue weighted by molar-refractivity contribution is 8.18. The molecule has 7 nitrogen and oxygen atoms in total. The van der Waals surface area contributed by atoms with E-state index in [1.807, 2.05) is 0 Å². The number of anilines is 1. The van der Waals surface area contributed by atoms with E-state index in [-0.39, 0.29) is 5.91 Å². The maximum atomic E-state index is 12.6. The van der Waals surface area contributed by atoms with Gasteiger partial charge in [-0.25, -0.2) is 4.79 Å². The summed E-state index contributed by atoms with van der Waals surface area (Å²) >= 11 is 7.07. The molecule has 0 bridgehead atoms. The molecule has 1 unspecified atom stereocenters. The molecule has 4 amide bonds. The number of methoxy groups -OCH3 is 1. The fourth-order valence-corrected chi connectivity index (χ4v) is 3.85. The third-order valence-corrected chi connectivity index (χ3v) is 5.45. The number of hydrogen-bond acceptors (Lipinski definition) is 5. The fourth-order valence-electron chi connectivity index (χ4n) is 2.59. The second-order valence-corrected chi connectivity index (χ2v) is 6.99. The van der Waals surface area contributed by atoms with Gasteiger partial charge in [0.1, 0.15) is 11.7 Å². The summed E-state index contributed by atoms with van der Waals surface area (Å²) in [6, 6.07) is 4.45. The monoisotopic (exact) mass is 380 g/mol. The number of halogens is 1. The van der Waals surface area contributed by atoms with E-state index in [1.165, 1.54) is 18.7 Å². The van der Waals surface area contributed by atoms with E-state index in [0.717, 1.165) is 16.7 Å². The van der Waals surface area contributed by atoms with Gasteiger partial charge in [0.2, 0.25) is 0 Å². The largest absolute Gasteiger partial charge is 0.500 e. The third kappa shape index (κ3) is 3.03. The van der Waals surface area contributed by atoms with Crippen LogP contribution in [0.25, 0.3) is 0 Å². The molecule has 1 aromatic carbocycles. The van der Waals surface area contributed by atoms with Crippen molar-refractivity contribution in [2.75, 3.05) is 26.5 Å². The Morgan fingerprint density at radius 1 is 1.40 bits per heavy atom. The number of ether oxygens (including phenoxy) is 1. The van der Waals surface area contributed by atoms with Crippen LogP contribution in [0.5, 0.6) is 5.75 Å². The van der Waals surface area contributed by atoms with Crippen LogP contribution in [0.1, 0.15) is 0 Å². The first-order valence-electron chi connectivity index (χ1n) is 7.30. The average molecular weight is 381 g/mol. The predicted octanol–water partition coefficient (Wildman–Crippen LogP) is 2.17. The van der Waals surface area contributed by atoms with Gasteiger partial charge in [-0.2, -0.15) is 14.3 Å². The molecule has 1 atom stereocenters. The predicted molar refractivity (Wildman–Crippen MR) is 95.2 cm³/mol. The number of urea groups is 1. The minimum absolute atomic E-state index is 0.338. The van der Waals surface area contributed by atoms with Crippen molar-refractivity contribution in [2.45, 2.75) is 0 Å². The highest BCUT2D eigenvalue weighted by atomic mass is 35.5. The number of imide groups is 1. The average Bonchev–Trinajstić information content (AvgIpc) is 3.04. The number of rotatable bonds is 3. The molecular formula is C16H15ClN3O4S+. The lowest BCUT2D eigenvalue weighted by Crippen LogP contribution is -2.49. The van der Waals surface area contributed by atoms with Gasteiger partial charge in [0, 0.05) is 5.02 Å². The number of carbonyl (C=O) groups excluding carboxylic acids is 3. The number of amides is 4. The van der Waals surface area contributed by atoms with Crippen LogP contribution in [-0.2, 0) is 9.59 Å². The van der Waals surface area contributed by atoms with E-state index < -0.39 is 17.9 Å². The molecule has 2 aliphatic rings. The van der Waals surface area contributed by atoms with Crippen molar-refractivity contribution >= 4 is 51.9 Å². The van der Waals surface area contributed by atoms with Gasteiger partial charge in [0.05, 0.1) is 31.8 Å². The van der Waals surface area contributed by atoms with Gasteiger partial charge in [-0.05, 0) is 36.0 Å². The summed E-state index contributed by atoms with van der Waals surface area (Å²) in [6.45, 7) is 0. The van der Waals surface area contributed by atoms with Crippen molar-refractivity contribution in [1.82, 2.24) is 4.90 Å². The topological polar surface area (TPSA) is 78.7 Å². The van der Waals surface area contributed by atoms with Gasteiger partial charge in [0.15, 0.2) is 5.04 Å². The number of carbonyl (C=O) groups is 3. The van der Waals surface area contributed by atoms with Crippen LogP contribution in [0.4, 0.5) is 10.5 Å². The third-order valence-electron chi connectivity index (χ3n) is 3.93. The van der Waals surface area contributed by atoms with Crippen LogP contribution >= 0.6 is 23.4 Å². The Morgan fingerprint density at radius 2 is 2.12 bits per heavy atom. The lowest BCUT2D eigenvalue weighted by Gasteiger charge is -2.18. The van der Waals surface area contributed by atoms with Gasteiger partial charge >= 0.3 is 11.9 Å². The van der Waals surface area contributed by atoms with Crippen molar-refractivity contribution < 1.29 is 23.7 Å². The highest BCUT2D eigenvalue weighted by Gasteiger charge is 2.48. The van der Waals surface area contributed by atoms with E-state index in [2.05, 4.69) is 5.32 Å². The fraction of sp³-hybridized carbons (Fsp3) is 0.250. The van der Waals surface area contributed by atoms with Gasteiger partial charge in [-0.1, -0.05) is 11.6 Å². The molecule has 0 aliphatic carbocycles. The molecule has 0 radical (unpaired) electrons. The second-order valence-electron chi connectivity index (χ2n) is 5.49. The zero-order valence-corrected chi connectivity index (χ0v) is 15.3. The number of benzene rings is 1. The Morgan fingerprint density at radius 3 is 2.80 bits per heavy atom. The van der Waals surface area contributed by atoms with Gasteiger partial charge in [0.25, 0.3) is 5.91 Å². The quantitative estimate of drug-likeness (QED) is 0.813. The molecule has 0 saturated carbocycles. The van der Waals surface area contributed by atoms with Crippen LogP contribution in [0, 0.1) is 5.92 Å². The van der Waals surface area contributed by atoms with E-state index in [1.54, 1.807) is 31.3 Å². The SMILES string of the molecule is COc1ccc(Cl)cc1NC(=O)C1=CC2C(=O)N(C)C(=O)[N+](C)=C2S1. The first-order chi connectivity index (χ1) is 11.8. The Bertz CT molecular complexity index is 865. The summed E-state index contributed by atoms with van der Waals surface area (Å²) in [6.07, 6.45) is 1.56. The number of nitrogens with zero attached hydrogens (tertiary/aromatic N) is 2. The van der Waals surface area contributed by atoms with E-state index >= 15 is 0 Å². The van der Waals surface area contributed by atoms with Crippen molar-refractivity contribution in [3.05, 3.63) is 34.2 Å². The zero-order chi connectivity index (χ0) is 18.3. The molecule has 1 aromatic rings. The molecular weight excluding hydrogens is 366 g/mol. The smallest absolute Gasteiger partial charge is 0.495 e. The molecule has 9 heteroatoms. The summed E-state index contributed by atoms with van der Waals surface area (Å²) in [7, 11) is 4.49. The molecule has 0 spiro atoms. The van der Waals surface area contributed by atoms with E-state index in [4.69, 9.17) is 16.3 Å². The standard InChI is InChI=1S/C16H14ClN3O4S/c1-19-14(22)9-7-12(25-15(9)20(2)16(19)23)13(21)18-10-6-8(17)4-5-11(10)24-3/h4-7,9H,1-3H3/p+1. The molecule has 1 N–H and O–H groups in total. The molecule has 2 aliphatic heterocycles. The molecule has 25 heavy (non-hydrogen) atoms. The number of fused-ring (bicyclic) bond motifs is 1. The van der Waals surface area contributed by atoms with Crippen molar-refractivity contribution in [2.24, 2.45) is 5.92 Å². The van der Waals surface area contributed by atoms with Crippen LogP contribution in [-0.4, -0.2) is 53.6 Å². The normalized spacial score (nSPS) is 19.8. The molecule has 0 aromatic heterocycles. The summed E-state index contributed by atoms with van der Waals surface area (Å²) < 4.78 is 6.58. The van der Waals surface area contributed by atoms with Crippen molar-refractivity contribution in [1.29, 1.82) is 0 Å². The first-order valence-corrected chi connectivity index (χ1v) is 8.49. The van der Waals surface area contributed by atoms with Gasteiger partial charge < -0.3 is 10.1 Å². The van der Waals surface area contributed by atoms with Crippen LogP contribution in [0.3, 0.4) is 0 Å². The molecule has 0 fully saturated rings. The summed E-state index contributed by atoms with van der Waals surface area (Å²) in [4.78, 5) is 38.2. The van der Waals surface area contributed by atoms with Crippen LogP contribution < -0.4 is 10.1 Å².